The van der Waals surface area contributed by atoms with E-state index < -0.39 is 6.04 Å². The molecule has 20 heavy (non-hydrogen) atoms. The fourth-order valence-electron chi connectivity index (χ4n) is 2.87. The lowest BCUT2D eigenvalue weighted by molar-refractivity contribution is -0.145. The van der Waals surface area contributed by atoms with Gasteiger partial charge in [0.1, 0.15) is 6.04 Å². The molecule has 112 valence electrons. The van der Waals surface area contributed by atoms with Gasteiger partial charge in [-0.3, -0.25) is 14.4 Å². The van der Waals surface area contributed by atoms with E-state index in [0.29, 0.717) is 32.1 Å². The van der Waals surface area contributed by atoms with Crippen molar-refractivity contribution >= 4 is 17.7 Å². The van der Waals surface area contributed by atoms with Gasteiger partial charge in [-0.15, -0.1) is 0 Å². The zero-order valence-corrected chi connectivity index (χ0v) is 12.4. The van der Waals surface area contributed by atoms with E-state index >= 15 is 0 Å². The van der Waals surface area contributed by atoms with Crippen molar-refractivity contribution in [1.29, 1.82) is 0 Å². The number of amides is 3. The second-order valence-corrected chi connectivity index (χ2v) is 6.09. The number of piperazine rings is 1. The van der Waals surface area contributed by atoms with Crippen LogP contribution in [0.4, 0.5) is 0 Å². The molecule has 6 nitrogen and oxygen atoms in total. The Labute approximate surface area is 119 Å². The molecule has 1 N–H and O–H groups in total. The van der Waals surface area contributed by atoms with E-state index in [-0.39, 0.29) is 30.1 Å². The minimum atomic E-state index is -0.439. The number of carbonyl (C=O) groups excluding carboxylic acids is 3. The lowest BCUT2D eigenvalue weighted by Crippen LogP contribution is -2.57. The maximum absolute atomic E-state index is 12.5. The molecule has 6 heteroatoms. The molecule has 2 aliphatic heterocycles. The van der Waals surface area contributed by atoms with Gasteiger partial charge in [-0.25, -0.2) is 0 Å². The van der Waals surface area contributed by atoms with Crippen molar-refractivity contribution in [2.75, 3.05) is 26.2 Å². The average Bonchev–Trinajstić information content (AvgIpc) is 2.73. The van der Waals surface area contributed by atoms with Gasteiger partial charge in [0, 0.05) is 32.6 Å². The van der Waals surface area contributed by atoms with Crippen LogP contribution < -0.4 is 5.32 Å². The predicted molar refractivity (Wildman–Crippen MR) is 73.7 cm³/mol. The van der Waals surface area contributed by atoms with E-state index in [2.05, 4.69) is 19.2 Å². The van der Waals surface area contributed by atoms with Crippen LogP contribution in [0.25, 0.3) is 0 Å². The first-order valence-corrected chi connectivity index (χ1v) is 7.26. The van der Waals surface area contributed by atoms with Gasteiger partial charge >= 0.3 is 0 Å². The SMILES string of the molecule is CC(C)CN1CC(C(=O)N2CCNC(=O)C2C)CC1=O. The van der Waals surface area contributed by atoms with Crippen molar-refractivity contribution in [1.82, 2.24) is 15.1 Å². The average molecular weight is 281 g/mol. The number of rotatable bonds is 3. The Morgan fingerprint density at radius 1 is 1.40 bits per heavy atom. The molecule has 2 rings (SSSR count). The first kappa shape index (κ1) is 14.8. The Morgan fingerprint density at radius 3 is 2.75 bits per heavy atom. The molecule has 0 radical (unpaired) electrons. The molecule has 2 fully saturated rings. The first-order chi connectivity index (χ1) is 9.40. The number of nitrogens with one attached hydrogen (secondary N) is 1. The fraction of sp³-hybridized carbons (Fsp3) is 0.786. The van der Waals surface area contributed by atoms with Crippen LogP contribution in [-0.2, 0) is 14.4 Å². The van der Waals surface area contributed by atoms with Gasteiger partial charge in [-0.1, -0.05) is 13.8 Å². The minimum absolute atomic E-state index is 0.0474. The molecule has 0 aromatic rings. The largest absolute Gasteiger partial charge is 0.353 e. The van der Waals surface area contributed by atoms with Crippen molar-refractivity contribution in [3.05, 3.63) is 0 Å². The van der Waals surface area contributed by atoms with E-state index in [4.69, 9.17) is 0 Å². The smallest absolute Gasteiger partial charge is 0.242 e. The summed E-state index contributed by atoms with van der Waals surface area (Å²) in [5.41, 5.74) is 0. The van der Waals surface area contributed by atoms with Gasteiger partial charge in [-0.2, -0.15) is 0 Å². The molecule has 0 aromatic heterocycles. The van der Waals surface area contributed by atoms with E-state index in [1.807, 2.05) is 0 Å². The molecule has 2 saturated heterocycles. The summed E-state index contributed by atoms with van der Waals surface area (Å²) in [5, 5.41) is 2.74. The van der Waals surface area contributed by atoms with Crippen LogP contribution in [0.3, 0.4) is 0 Å². The molecular weight excluding hydrogens is 258 g/mol. The summed E-state index contributed by atoms with van der Waals surface area (Å²) in [6.07, 6.45) is 0.274. The predicted octanol–water partition coefficient (Wildman–Crippen LogP) is -0.162. The minimum Gasteiger partial charge on any atom is -0.353 e. The molecule has 0 aliphatic carbocycles. The second-order valence-electron chi connectivity index (χ2n) is 6.09. The number of nitrogens with zero attached hydrogens (tertiary/aromatic N) is 2. The van der Waals surface area contributed by atoms with Gasteiger partial charge < -0.3 is 15.1 Å². The molecule has 3 amide bonds. The second kappa shape index (κ2) is 5.81. The van der Waals surface area contributed by atoms with Crippen molar-refractivity contribution in [2.45, 2.75) is 33.2 Å². The van der Waals surface area contributed by atoms with E-state index in [0.717, 1.165) is 0 Å². The summed E-state index contributed by atoms with van der Waals surface area (Å²) in [4.78, 5) is 39.4. The summed E-state index contributed by atoms with van der Waals surface area (Å²) in [6.45, 7) is 8.04. The maximum Gasteiger partial charge on any atom is 0.242 e. The molecule has 0 saturated carbocycles. The summed E-state index contributed by atoms with van der Waals surface area (Å²) in [7, 11) is 0. The Hall–Kier alpha value is -1.59. The highest BCUT2D eigenvalue weighted by molar-refractivity contribution is 5.93. The number of hydrogen-bond donors (Lipinski definition) is 1. The van der Waals surface area contributed by atoms with E-state index in [1.54, 1.807) is 16.7 Å². The molecule has 2 atom stereocenters. The zero-order chi connectivity index (χ0) is 14.9. The number of hydrogen-bond acceptors (Lipinski definition) is 3. The summed E-state index contributed by atoms with van der Waals surface area (Å²) >= 11 is 0. The third kappa shape index (κ3) is 2.94. The van der Waals surface area contributed by atoms with Crippen LogP contribution in [-0.4, -0.2) is 59.7 Å². The highest BCUT2D eigenvalue weighted by atomic mass is 16.2. The van der Waals surface area contributed by atoms with Gasteiger partial charge in [0.2, 0.25) is 17.7 Å². The van der Waals surface area contributed by atoms with Crippen molar-refractivity contribution in [3.8, 4) is 0 Å². The molecule has 2 heterocycles. The maximum atomic E-state index is 12.5. The normalized spacial score (nSPS) is 27.2. The van der Waals surface area contributed by atoms with Gasteiger partial charge in [0.25, 0.3) is 0 Å². The lowest BCUT2D eigenvalue weighted by Gasteiger charge is -2.34. The van der Waals surface area contributed by atoms with Crippen LogP contribution in [0.5, 0.6) is 0 Å². The molecule has 0 spiro atoms. The molecular formula is C14H23N3O3. The number of likely N-dealkylation sites (tertiary alicyclic amines) is 1. The summed E-state index contributed by atoms with van der Waals surface area (Å²) < 4.78 is 0. The van der Waals surface area contributed by atoms with Crippen LogP contribution in [0.2, 0.25) is 0 Å². The number of carbonyl (C=O) groups is 3. The van der Waals surface area contributed by atoms with Crippen LogP contribution in [0.15, 0.2) is 0 Å². The Balaban J connectivity index is 2.00. The Morgan fingerprint density at radius 2 is 2.10 bits per heavy atom. The highest BCUT2D eigenvalue weighted by Crippen LogP contribution is 2.22. The monoisotopic (exact) mass is 281 g/mol. The van der Waals surface area contributed by atoms with Crippen molar-refractivity contribution < 1.29 is 14.4 Å². The highest BCUT2D eigenvalue weighted by Gasteiger charge is 2.39. The van der Waals surface area contributed by atoms with E-state index in [9.17, 15) is 14.4 Å². The van der Waals surface area contributed by atoms with Crippen molar-refractivity contribution in [3.63, 3.8) is 0 Å². The standard InChI is InChI=1S/C14H23N3O3/c1-9(2)7-16-8-11(6-12(16)18)14(20)17-5-4-15-13(19)10(17)3/h9-11H,4-8H2,1-3H3,(H,15,19). The molecule has 2 aliphatic rings. The van der Waals surface area contributed by atoms with E-state index in [1.165, 1.54) is 0 Å². The van der Waals surface area contributed by atoms with Crippen LogP contribution in [0.1, 0.15) is 27.2 Å². The lowest BCUT2D eigenvalue weighted by atomic mass is 10.0. The first-order valence-electron chi connectivity index (χ1n) is 7.26. The third-order valence-corrected chi connectivity index (χ3v) is 3.93. The summed E-state index contributed by atoms with van der Waals surface area (Å²) in [6, 6.07) is -0.439. The van der Waals surface area contributed by atoms with Crippen LogP contribution >= 0.6 is 0 Å². The molecule has 0 bridgehead atoms. The fourth-order valence-corrected chi connectivity index (χ4v) is 2.87. The third-order valence-electron chi connectivity index (χ3n) is 3.93. The van der Waals surface area contributed by atoms with Gasteiger partial charge in [-0.05, 0) is 12.8 Å². The van der Waals surface area contributed by atoms with Gasteiger partial charge in [0.05, 0.1) is 5.92 Å². The Kier molecular flexibility index (Phi) is 4.30. The topological polar surface area (TPSA) is 69.7 Å². The van der Waals surface area contributed by atoms with Crippen LogP contribution in [0, 0.1) is 11.8 Å². The Bertz CT molecular complexity index is 422. The molecule has 0 aromatic carbocycles. The quantitative estimate of drug-likeness (QED) is 0.781. The summed E-state index contributed by atoms with van der Waals surface area (Å²) in [5.74, 6) is -0.0341. The van der Waals surface area contributed by atoms with Gasteiger partial charge in [0.15, 0.2) is 0 Å². The van der Waals surface area contributed by atoms with Crippen molar-refractivity contribution in [2.24, 2.45) is 11.8 Å². The molecule has 2 unspecified atom stereocenters. The zero-order valence-electron chi connectivity index (χ0n) is 12.4.